The summed E-state index contributed by atoms with van der Waals surface area (Å²) in [4.78, 5) is 20.9. The van der Waals surface area contributed by atoms with E-state index in [9.17, 15) is 9.18 Å². The van der Waals surface area contributed by atoms with E-state index in [2.05, 4.69) is 15.0 Å². The number of carbonyl (C=O) groups is 1. The third-order valence-corrected chi connectivity index (χ3v) is 5.26. The van der Waals surface area contributed by atoms with Crippen LogP contribution in [0.15, 0.2) is 47.0 Å². The molecule has 0 radical (unpaired) electrons. The van der Waals surface area contributed by atoms with Crippen molar-refractivity contribution in [2.24, 2.45) is 0 Å². The average Bonchev–Trinajstić information content (AvgIpc) is 3.19. The molecular formula is C21H20ClFN4O2. The van der Waals surface area contributed by atoms with Gasteiger partial charge in [-0.25, -0.2) is 4.39 Å². The fraction of sp³-hybridized carbons (Fsp3) is 0.286. The molecule has 8 heteroatoms. The first-order valence-corrected chi connectivity index (χ1v) is 9.74. The van der Waals surface area contributed by atoms with Crippen molar-refractivity contribution in [3.05, 3.63) is 70.3 Å². The minimum Gasteiger partial charge on any atom is -0.338 e. The lowest BCUT2D eigenvalue weighted by Gasteiger charge is -2.34. The van der Waals surface area contributed by atoms with Gasteiger partial charge in [0.25, 0.3) is 5.91 Å². The zero-order valence-electron chi connectivity index (χ0n) is 15.9. The Morgan fingerprint density at radius 1 is 1.14 bits per heavy atom. The summed E-state index contributed by atoms with van der Waals surface area (Å²) in [5.74, 6) is 0.538. The Morgan fingerprint density at radius 2 is 1.86 bits per heavy atom. The number of halogens is 2. The van der Waals surface area contributed by atoms with Gasteiger partial charge in [0.05, 0.1) is 6.54 Å². The molecule has 29 heavy (non-hydrogen) atoms. The van der Waals surface area contributed by atoms with E-state index in [0.717, 1.165) is 5.56 Å². The van der Waals surface area contributed by atoms with Crippen molar-refractivity contribution in [2.75, 3.05) is 26.2 Å². The molecule has 2 heterocycles. The SMILES string of the molecule is Cc1ccc(C(=O)N2CCN(Cc3nc(-c4ccc(Cl)cc4)no3)CC2)cc1F. The molecule has 1 saturated heterocycles. The highest BCUT2D eigenvalue weighted by Gasteiger charge is 2.24. The molecule has 1 aromatic heterocycles. The highest BCUT2D eigenvalue weighted by atomic mass is 35.5. The van der Waals surface area contributed by atoms with Gasteiger partial charge in [0.2, 0.25) is 11.7 Å². The Hall–Kier alpha value is -2.77. The van der Waals surface area contributed by atoms with Gasteiger partial charge in [-0.15, -0.1) is 0 Å². The first-order chi connectivity index (χ1) is 14.0. The topological polar surface area (TPSA) is 62.5 Å². The number of aromatic nitrogens is 2. The molecule has 6 nitrogen and oxygen atoms in total. The predicted molar refractivity (Wildman–Crippen MR) is 107 cm³/mol. The molecule has 1 amide bonds. The maximum atomic E-state index is 13.7. The average molecular weight is 415 g/mol. The number of amides is 1. The van der Waals surface area contributed by atoms with Gasteiger partial charge in [-0.2, -0.15) is 4.98 Å². The first-order valence-electron chi connectivity index (χ1n) is 9.36. The van der Waals surface area contributed by atoms with Gasteiger partial charge in [0.1, 0.15) is 5.82 Å². The Kier molecular flexibility index (Phi) is 5.60. The van der Waals surface area contributed by atoms with Crippen LogP contribution in [-0.4, -0.2) is 52.0 Å². The first kappa shape index (κ1) is 19.5. The minimum absolute atomic E-state index is 0.147. The molecule has 150 valence electrons. The molecule has 0 spiro atoms. The third-order valence-electron chi connectivity index (χ3n) is 5.01. The smallest absolute Gasteiger partial charge is 0.254 e. The van der Waals surface area contributed by atoms with Crippen molar-refractivity contribution in [1.82, 2.24) is 19.9 Å². The van der Waals surface area contributed by atoms with E-state index in [1.54, 1.807) is 36.1 Å². The van der Waals surface area contributed by atoms with Crippen LogP contribution in [0.1, 0.15) is 21.8 Å². The monoisotopic (exact) mass is 414 g/mol. The molecule has 0 unspecified atom stereocenters. The van der Waals surface area contributed by atoms with Gasteiger partial charge in [-0.05, 0) is 48.9 Å². The molecule has 0 aliphatic carbocycles. The van der Waals surface area contributed by atoms with E-state index in [-0.39, 0.29) is 11.7 Å². The van der Waals surface area contributed by atoms with Crippen LogP contribution in [0.25, 0.3) is 11.4 Å². The van der Waals surface area contributed by atoms with Crippen molar-refractivity contribution >= 4 is 17.5 Å². The quantitative estimate of drug-likeness (QED) is 0.649. The van der Waals surface area contributed by atoms with Crippen LogP contribution < -0.4 is 0 Å². The summed E-state index contributed by atoms with van der Waals surface area (Å²) in [7, 11) is 0. The number of aryl methyl sites for hydroxylation is 1. The fourth-order valence-electron chi connectivity index (χ4n) is 3.24. The normalized spacial score (nSPS) is 14.9. The molecule has 0 bridgehead atoms. The van der Waals surface area contributed by atoms with Crippen LogP contribution in [-0.2, 0) is 6.54 Å². The summed E-state index contributed by atoms with van der Waals surface area (Å²) < 4.78 is 19.1. The van der Waals surface area contributed by atoms with Crippen LogP contribution in [0.5, 0.6) is 0 Å². The van der Waals surface area contributed by atoms with Crippen LogP contribution in [0, 0.1) is 12.7 Å². The molecule has 0 saturated carbocycles. The number of piperazine rings is 1. The largest absolute Gasteiger partial charge is 0.338 e. The van der Waals surface area contributed by atoms with E-state index in [4.69, 9.17) is 16.1 Å². The van der Waals surface area contributed by atoms with Gasteiger partial charge in [-0.3, -0.25) is 9.69 Å². The molecule has 1 aliphatic rings. The highest BCUT2D eigenvalue weighted by molar-refractivity contribution is 6.30. The van der Waals surface area contributed by atoms with Crippen molar-refractivity contribution in [1.29, 1.82) is 0 Å². The van der Waals surface area contributed by atoms with Gasteiger partial charge in [0, 0.05) is 42.3 Å². The number of hydrogen-bond acceptors (Lipinski definition) is 5. The number of benzene rings is 2. The van der Waals surface area contributed by atoms with Gasteiger partial charge >= 0.3 is 0 Å². The Balaban J connectivity index is 1.33. The Morgan fingerprint density at radius 3 is 2.55 bits per heavy atom. The molecule has 4 rings (SSSR count). The van der Waals surface area contributed by atoms with Crippen LogP contribution in [0.3, 0.4) is 0 Å². The van der Waals surface area contributed by atoms with Gasteiger partial charge < -0.3 is 9.42 Å². The highest BCUT2D eigenvalue weighted by Crippen LogP contribution is 2.19. The van der Waals surface area contributed by atoms with E-state index in [1.807, 2.05) is 12.1 Å². The van der Waals surface area contributed by atoms with Gasteiger partial charge in [-0.1, -0.05) is 22.8 Å². The maximum Gasteiger partial charge on any atom is 0.254 e. The standard InChI is InChI=1S/C21H20ClFN4O2/c1-14-2-3-16(12-18(14)23)21(28)27-10-8-26(9-11-27)13-19-24-20(25-29-19)15-4-6-17(22)7-5-15/h2-7,12H,8-11,13H2,1H3. The van der Waals surface area contributed by atoms with Crippen molar-refractivity contribution in [2.45, 2.75) is 13.5 Å². The number of rotatable bonds is 4. The van der Waals surface area contributed by atoms with Crippen LogP contribution in [0.2, 0.25) is 5.02 Å². The fourth-order valence-corrected chi connectivity index (χ4v) is 3.37. The summed E-state index contributed by atoms with van der Waals surface area (Å²) >= 11 is 5.90. The molecule has 3 aromatic rings. The molecule has 0 N–H and O–H groups in total. The summed E-state index contributed by atoms with van der Waals surface area (Å²) in [5, 5.41) is 4.68. The lowest BCUT2D eigenvalue weighted by Crippen LogP contribution is -2.48. The second-order valence-electron chi connectivity index (χ2n) is 7.05. The predicted octanol–water partition coefficient (Wildman–Crippen LogP) is 3.80. The molecule has 1 fully saturated rings. The van der Waals surface area contributed by atoms with Crippen molar-refractivity contribution < 1.29 is 13.7 Å². The summed E-state index contributed by atoms with van der Waals surface area (Å²) in [6.45, 7) is 4.68. The molecular weight excluding hydrogens is 395 g/mol. The van der Waals surface area contributed by atoms with E-state index in [0.29, 0.717) is 60.6 Å². The van der Waals surface area contributed by atoms with E-state index in [1.165, 1.54) is 6.07 Å². The van der Waals surface area contributed by atoms with Crippen LogP contribution >= 0.6 is 11.6 Å². The second-order valence-corrected chi connectivity index (χ2v) is 7.49. The lowest BCUT2D eigenvalue weighted by atomic mass is 10.1. The third kappa shape index (κ3) is 4.46. The summed E-state index contributed by atoms with van der Waals surface area (Å²) in [5.41, 5.74) is 1.75. The van der Waals surface area contributed by atoms with Crippen LogP contribution in [0.4, 0.5) is 4.39 Å². The van der Waals surface area contributed by atoms with Crippen molar-refractivity contribution in [3.63, 3.8) is 0 Å². The Labute approximate surface area is 172 Å². The molecule has 0 atom stereocenters. The van der Waals surface area contributed by atoms with Gasteiger partial charge in [0.15, 0.2) is 0 Å². The molecule has 1 aliphatic heterocycles. The summed E-state index contributed by atoms with van der Waals surface area (Å²) in [6, 6.07) is 11.9. The lowest BCUT2D eigenvalue weighted by molar-refractivity contribution is 0.0614. The number of nitrogens with zero attached hydrogens (tertiary/aromatic N) is 4. The zero-order valence-corrected chi connectivity index (χ0v) is 16.7. The summed E-state index contributed by atoms with van der Waals surface area (Å²) in [6.07, 6.45) is 0. The molecule has 2 aromatic carbocycles. The Bertz CT molecular complexity index is 1010. The van der Waals surface area contributed by atoms with E-state index >= 15 is 0 Å². The minimum atomic E-state index is -0.359. The number of carbonyl (C=O) groups excluding carboxylic acids is 1. The zero-order chi connectivity index (χ0) is 20.4. The van der Waals surface area contributed by atoms with E-state index < -0.39 is 0 Å². The van der Waals surface area contributed by atoms with Crippen molar-refractivity contribution in [3.8, 4) is 11.4 Å². The number of hydrogen-bond donors (Lipinski definition) is 0. The maximum absolute atomic E-state index is 13.7. The second kappa shape index (κ2) is 8.31.